The van der Waals surface area contributed by atoms with Gasteiger partial charge in [0.05, 0.1) is 16.5 Å². The van der Waals surface area contributed by atoms with Gasteiger partial charge in [0.1, 0.15) is 5.82 Å². The molecule has 0 saturated heterocycles. The molecule has 2 aromatic carbocycles. The predicted molar refractivity (Wildman–Crippen MR) is 99.8 cm³/mol. The van der Waals surface area contributed by atoms with Crippen molar-refractivity contribution in [3.05, 3.63) is 65.0 Å². The van der Waals surface area contributed by atoms with Crippen LogP contribution in [0.25, 0.3) is 10.9 Å². The minimum absolute atomic E-state index is 0.176. The van der Waals surface area contributed by atoms with Crippen LogP contribution in [0.1, 0.15) is 6.92 Å². The molecule has 6 heteroatoms. The van der Waals surface area contributed by atoms with E-state index in [9.17, 15) is 9.18 Å². The van der Waals surface area contributed by atoms with Gasteiger partial charge in [0, 0.05) is 21.0 Å². The van der Waals surface area contributed by atoms with Crippen molar-refractivity contribution in [2.75, 3.05) is 5.32 Å². The van der Waals surface area contributed by atoms with E-state index in [4.69, 9.17) is 0 Å². The molecule has 1 amide bonds. The molecular weight excluding hydrogens is 391 g/mol. The van der Waals surface area contributed by atoms with Crippen molar-refractivity contribution in [2.45, 2.75) is 17.1 Å². The summed E-state index contributed by atoms with van der Waals surface area (Å²) in [5.74, 6) is -0.716. The highest BCUT2D eigenvalue weighted by Gasteiger charge is 2.17. The first kappa shape index (κ1) is 16.9. The second-order valence-corrected chi connectivity index (χ2v) is 7.50. The minimum Gasteiger partial charge on any atom is -0.323 e. The zero-order valence-electron chi connectivity index (χ0n) is 12.8. The van der Waals surface area contributed by atoms with Gasteiger partial charge >= 0.3 is 0 Å². The summed E-state index contributed by atoms with van der Waals surface area (Å²) >= 11 is 4.62. The topological polar surface area (TPSA) is 42.0 Å². The average molecular weight is 405 g/mol. The van der Waals surface area contributed by atoms with Crippen LogP contribution < -0.4 is 5.32 Å². The number of fused-ring (bicyclic) bond motifs is 1. The van der Waals surface area contributed by atoms with Gasteiger partial charge in [-0.25, -0.2) is 4.39 Å². The molecule has 3 aromatic rings. The first-order chi connectivity index (χ1) is 11.5. The van der Waals surface area contributed by atoms with Crippen molar-refractivity contribution in [1.29, 1.82) is 0 Å². The van der Waals surface area contributed by atoms with Gasteiger partial charge in [-0.05, 0) is 37.3 Å². The highest BCUT2D eigenvalue weighted by molar-refractivity contribution is 9.10. The Balaban J connectivity index is 1.76. The highest BCUT2D eigenvalue weighted by Crippen LogP contribution is 2.30. The number of halogens is 2. The summed E-state index contributed by atoms with van der Waals surface area (Å²) in [6, 6.07) is 14.2. The number of carbonyl (C=O) groups is 1. The van der Waals surface area contributed by atoms with Crippen LogP contribution in [0.15, 0.2) is 64.1 Å². The number of carbonyl (C=O) groups excluding carboxylic acids is 1. The predicted octanol–water partition coefficient (Wildman–Crippen LogP) is 5.26. The van der Waals surface area contributed by atoms with Gasteiger partial charge in [-0.1, -0.05) is 34.1 Å². The molecule has 3 rings (SSSR count). The van der Waals surface area contributed by atoms with Gasteiger partial charge in [-0.3, -0.25) is 9.78 Å². The first-order valence-corrected chi connectivity index (χ1v) is 8.98. The van der Waals surface area contributed by atoms with Gasteiger partial charge in [0.25, 0.3) is 0 Å². The van der Waals surface area contributed by atoms with Crippen molar-refractivity contribution in [3.8, 4) is 0 Å². The number of nitrogens with one attached hydrogen (secondary N) is 1. The maximum atomic E-state index is 13.8. The maximum absolute atomic E-state index is 13.8. The summed E-state index contributed by atoms with van der Waals surface area (Å²) in [5, 5.41) is 3.26. The molecule has 1 atom stereocenters. The highest BCUT2D eigenvalue weighted by atomic mass is 79.9. The molecule has 1 N–H and O–H groups in total. The normalized spacial score (nSPS) is 12.1. The zero-order valence-corrected chi connectivity index (χ0v) is 15.2. The Bertz CT molecular complexity index is 898. The summed E-state index contributed by atoms with van der Waals surface area (Å²) in [6.45, 7) is 1.80. The number of rotatable bonds is 4. The van der Waals surface area contributed by atoms with E-state index in [2.05, 4.69) is 26.2 Å². The lowest BCUT2D eigenvalue weighted by Gasteiger charge is -2.14. The van der Waals surface area contributed by atoms with E-state index in [0.717, 1.165) is 15.8 Å². The lowest BCUT2D eigenvalue weighted by atomic mass is 10.2. The quantitative estimate of drug-likeness (QED) is 0.603. The second kappa shape index (κ2) is 7.32. The maximum Gasteiger partial charge on any atom is 0.237 e. The minimum atomic E-state index is -0.468. The molecule has 3 nitrogen and oxygen atoms in total. The van der Waals surface area contributed by atoms with Gasteiger partial charge in [-0.15, -0.1) is 11.8 Å². The molecule has 1 aromatic heterocycles. The summed E-state index contributed by atoms with van der Waals surface area (Å²) in [7, 11) is 0. The number of pyridine rings is 1. The van der Waals surface area contributed by atoms with Gasteiger partial charge in [-0.2, -0.15) is 0 Å². The van der Waals surface area contributed by atoms with Crippen LogP contribution in [0.5, 0.6) is 0 Å². The number of benzene rings is 2. The molecule has 0 spiro atoms. The Hall–Kier alpha value is -1.92. The van der Waals surface area contributed by atoms with Crippen LogP contribution in [-0.4, -0.2) is 16.1 Å². The van der Waals surface area contributed by atoms with E-state index >= 15 is 0 Å². The molecule has 0 aliphatic carbocycles. The number of amides is 1. The van der Waals surface area contributed by atoms with E-state index in [-0.39, 0.29) is 16.8 Å². The van der Waals surface area contributed by atoms with Crippen molar-refractivity contribution in [2.24, 2.45) is 0 Å². The Morgan fingerprint density at radius 3 is 2.83 bits per heavy atom. The molecule has 0 aliphatic rings. The van der Waals surface area contributed by atoms with Crippen molar-refractivity contribution in [1.82, 2.24) is 4.98 Å². The number of hydrogen-bond donors (Lipinski definition) is 1. The van der Waals surface area contributed by atoms with E-state index in [1.807, 2.05) is 30.3 Å². The van der Waals surface area contributed by atoms with Gasteiger partial charge in [0.2, 0.25) is 5.91 Å². The molecule has 1 heterocycles. The molecule has 0 fully saturated rings. The van der Waals surface area contributed by atoms with Gasteiger partial charge < -0.3 is 5.32 Å². The number of hydrogen-bond acceptors (Lipinski definition) is 3. The fourth-order valence-corrected chi connectivity index (χ4v) is 3.56. The summed E-state index contributed by atoms with van der Waals surface area (Å²) in [6.07, 6.45) is 1.73. The molecule has 0 bridgehead atoms. The first-order valence-electron chi connectivity index (χ1n) is 7.31. The van der Waals surface area contributed by atoms with E-state index in [1.165, 1.54) is 23.9 Å². The van der Waals surface area contributed by atoms with E-state index < -0.39 is 5.82 Å². The smallest absolute Gasteiger partial charge is 0.237 e. The zero-order chi connectivity index (χ0) is 17.1. The molecule has 122 valence electrons. The molecular formula is C18H14BrFN2OS. The fraction of sp³-hybridized carbons (Fsp3) is 0.111. The molecule has 0 saturated carbocycles. The van der Waals surface area contributed by atoms with Crippen LogP contribution in [0.4, 0.5) is 10.1 Å². The number of thioether (sulfide) groups is 1. The number of anilines is 1. The van der Waals surface area contributed by atoms with Gasteiger partial charge in [0.15, 0.2) is 0 Å². The Morgan fingerprint density at radius 1 is 1.25 bits per heavy atom. The van der Waals surface area contributed by atoms with Crippen LogP contribution in [-0.2, 0) is 4.79 Å². The van der Waals surface area contributed by atoms with Crippen LogP contribution >= 0.6 is 27.7 Å². The summed E-state index contributed by atoms with van der Waals surface area (Å²) < 4.78 is 14.5. The Kier molecular flexibility index (Phi) is 5.16. The summed E-state index contributed by atoms with van der Waals surface area (Å²) in [4.78, 5) is 17.6. The Labute approximate surface area is 151 Å². The van der Waals surface area contributed by atoms with E-state index in [1.54, 1.807) is 19.2 Å². The average Bonchev–Trinajstić information content (AvgIpc) is 2.57. The third kappa shape index (κ3) is 3.76. The largest absolute Gasteiger partial charge is 0.323 e. The third-order valence-corrected chi connectivity index (χ3v) is 5.14. The number of para-hydroxylation sites is 1. The van der Waals surface area contributed by atoms with Crippen molar-refractivity contribution >= 4 is 50.2 Å². The van der Waals surface area contributed by atoms with Crippen LogP contribution in [0.2, 0.25) is 0 Å². The number of aromatic nitrogens is 1. The second-order valence-electron chi connectivity index (χ2n) is 5.20. The lowest BCUT2D eigenvalue weighted by molar-refractivity contribution is -0.115. The molecule has 24 heavy (non-hydrogen) atoms. The molecule has 1 unspecified atom stereocenters. The monoisotopic (exact) mass is 404 g/mol. The number of nitrogens with zero attached hydrogens (tertiary/aromatic N) is 1. The summed E-state index contributed by atoms with van der Waals surface area (Å²) in [5.41, 5.74) is 1.06. The van der Waals surface area contributed by atoms with Crippen LogP contribution in [0, 0.1) is 5.82 Å². The van der Waals surface area contributed by atoms with Crippen molar-refractivity contribution in [3.63, 3.8) is 0 Å². The Morgan fingerprint density at radius 2 is 2.04 bits per heavy atom. The third-order valence-electron chi connectivity index (χ3n) is 3.47. The van der Waals surface area contributed by atoms with E-state index in [0.29, 0.717) is 4.47 Å². The fourth-order valence-electron chi connectivity index (χ4n) is 2.24. The molecule has 0 aliphatic heterocycles. The lowest BCUT2D eigenvalue weighted by Crippen LogP contribution is -2.23. The van der Waals surface area contributed by atoms with Crippen molar-refractivity contribution < 1.29 is 9.18 Å². The standard InChI is InChI=1S/C18H14BrFN2OS/c1-11(18(23)22-16-7-6-12(19)10-14(16)20)24-17-8-9-21-15-5-3-2-4-13(15)17/h2-11H,1H3,(H,22,23). The SMILES string of the molecule is CC(Sc1ccnc2ccccc12)C(=O)Nc1ccc(Br)cc1F. The molecule has 0 radical (unpaired) electrons. The van der Waals surface area contributed by atoms with Crippen LogP contribution in [0.3, 0.4) is 0 Å².